The minimum absolute atomic E-state index is 0.00463. The Morgan fingerprint density at radius 3 is 2.75 bits per heavy atom. The third-order valence-electron chi connectivity index (χ3n) is 1.50. The highest BCUT2D eigenvalue weighted by molar-refractivity contribution is 5.57. The number of aldehydes is 1. The highest BCUT2D eigenvalue weighted by atomic mass is 16.1. The topological polar surface area (TPSA) is 46.3 Å². The summed E-state index contributed by atoms with van der Waals surface area (Å²) in [6.07, 6.45) is 2.90. The maximum Gasteiger partial charge on any atom is 0.138 e. The van der Waals surface area contributed by atoms with Gasteiger partial charge in [-0.25, -0.2) is 5.01 Å². The van der Waals surface area contributed by atoms with Crippen LogP contribution in [0, 0.1) is 0 Å². The van der Waals surface area contributed by atoms with Gasteiger partial charge in [-0.2, -0.15) is 0 Å². The molecule has 3 heteroatoms. The Morgan fingerprint density at radius 1 is 1.75 bits per heavy atom. The van der Waals surface area contributed by atoms with Gasteiger partial charge in [0, 0.05) is 6.54 Å². The van der Waals surface area contributed by atoms with Crippen molar-refractivity contribution in [1.29, 1.82) is 0 Å². The van der Waals surface area contributed by atoms with Crippen LogP contribution >= 0.6 is 0 Å². The summed E-state index contributed by atoms with van der Waals surface area (Å²) in [5, 5.41) is 1.59. The molecule has 0 aromatic rings. The Kier molecular flexibility index (Phi) is 1.60. The first-order chi connectivity index (χ1) is 3.84. The van der Waals surface area contributed by atoms with Gasteiger partial charge in [0.2, 0.25) is 0 Å². The summed E-state index contributed by atoms with van der Waals surface area (Å²) >= 11 is 0. The van der Waals surface area contributed by atoms with Gasteiger partial charge < -0.3 is 4.79 Å². The van der Waals surface area contributed by atoms with Crippen molar-refractivity contribution in [1.82, 2.24) is 5.01 Å². The summed E-state index contributed by atoms with van der Waals surface area (Å²) in [5.41, 5.74) is 0. The molecule has 2 N–H and O–H groups in total. The lowest BCUT2D eigenvalue weighted by atomic mass is 10.2. The predicted octanol–water partition coefficient (Wildman–Crippen LogP) is -0.477. The van der Waals surface area contributed by atoms with Gasteiger partial charge in [0.25, 0.3) is 0 Å². The van der Waals surface area contributed by atoms with Gasteiger partial charge in [0.1, 0.15) is 6.29 Å². The van der Waals surface area contributed by atoms with E-state index in [0.717, 1.165) is 25.7 Å². The average Bonchev–Trinajstić information content (AvgIpc) is 2.14. The van der Waals surface area contributed by atoms with Gasteiger partial charge in [-0.1, -0.05) is 0 Å². The molecular weight excluding hydrogens is 104 g/mol. The molecule has 1 atom stereocenters. The quantitative estimate of drug-likeness (QED) is 0.370. The van der Waals surface area contributed by atoms with Gasteiger partial charge in [-0.05, 0) is 12.8 Å². The van der Waals surface area contributed by atoms with Crippen LogP contribution < -0.4 is 5.84 Å². The first-order valence-electron chi connectivity index (χ1n) is 2.81. The van der Waals surface area contributed by atoms with Crippen LogP contribution in [-0.2, 0) is 4.79 Å². The van der Waals surface area contributed by atoms with E-state index in [4.69, 9.17) is 5.84 Å². The maximum absolute atomic E-state index is 10.1. The molecule has 0 aliphatic carbocycles. The molecule has 0 amide bonds. The Labute approximate surface area is 48.4 Å². The number of hydrogen-bond donors (Lipinski definition) is 1. The van der Waals surface area contributed by atoms with Crippen molar-refractivity contribution in [2.24, 2.45) is 5.84 Å². The third-order valence-corrected chi connectivity index (χ3v) is 1.50. The van der Waals surface area contributed by atoms with Gasteiger partial charge in [0.05, 0.1) is 6.04 Å². The van der Waals surface area contributed by atoms with Crippen LogP contribution in [0.3, 0.4) is 0 Å². The molecule has 8 heavy (non-hydrogen) atoms. The van der Waals surface area contributed by atoms with E-state index in [0.29, 0.717) is 0 Å². The fourth-order valence-electron chi connectivity index (χ4n) is 0.961. The molecule has 0 spiro atoms. The van der Waals surface area contributed by atoms with Crippen LogP contribution in [0.25, 0.3) is 0 Å². The summed E-state index contributed by atoms with van der Waals surface area (Å²) in [4.78, 5) is 10.1. The van der Waals surface area contributed by atoms with E-state index in [9.17, 15) is 4.79 Å². The molecule has 1 saturated heterocycles. The first-order valence-corrected chi connectivity index (χ1v) is 2.81. The zero-order valence-corrected chi connectivity index (χ0v) is 4.71. The van der Waals surface area contributed by atoms with Gasteiger partial charge in [0.15, 0.2) is 0 Å². The van der Waals surface area contributed by atoms with Gasteiger partial charge in [-0.15, -0.1) is 0 Å². The number of carbonyl (C=O) groups is 1. The largest absolute Gasteiger partial charge is 0.302 e. The lowest BCUT2D eigenvalue weighted by Gasteiger charge is -2.10. The van der Waals surface area contributed by atoms with Crippen molar-refractivity contribution >= 4 is 6.29 Å². The van der Waals surface area contributed by atoms with Crippen molar-refractivity contribution < 1.29 is 4.79 Å². The average molecular weight is 114 g/mol. The van der Waals surface area contributed by atoms with Crippen LogP contribution in [0.4, 0.5) is 0 Å². The molecule has 46 valence electrons. The lowest BCUT2D eigenvalue weighted by Crippen LogP contribution is -2.36. The van der Waals surface area contributed by atoms with E-state index >= 15 is 0 Å². The predicted molar refractivity (Wildman–Crippen MR) is 30.0 cm³/mol. The Balaban J connectivity index is 2.41. The summed E-state index contributed by atoms with van der Waals surface area (Å²) < 4.78 is 0. The summed E-state index contributed by atoms with van der Waals surface area (Å²) in [6, 6.07) is -0.00463. The van der Waals surface area contributed by atoms with Gasteiger partial charge in [-0.3, -0.25) is 5.84 Å². The zero-order valence-electron chi connectivity index (χ0n) is 4.71. The minimum atomic E-state index is -0.00463. The maximum atomic E-state index is 10.1. The Morgan fingerprint density at radius 2 is 2.50 bits per heavy atom. The molecule has 0 aromatic heterocycles. The molecule has 0 bridgehead atoms. The molecule has 1 aliphatic rings. The van der Waals surface area contributed by atoms with Crippen molar-refractivity contribution in [3.05, 3.63) is 0 Å². The lowest BCUT2D eigenvalue weighted by molar-refractivity contribution is -0.111. The second-order valence-corrected chi connectivity index (χ2v) is 2.08. The van der Waals surface area contributed by atoms with E-state index in [1.54, 1.807) is 5.01 Å². The fourth-order valence-corrected chi connectivity index (χ4v) is 0.961. The number of carbonyl (C=O) groups excluding carboxylic acids is 1. The van der Waals surface area contributed by atoms with Crippen molar-refractivity contribution in [2.45, 2.75) is 18.9 Å². The third kappa shape index (κ3) is 0.877. The first kappa shape index (κ1) is 5.72. The fraction of sp³-hybridized carbons (Fsp3) is 0.800. The molecule has 1 aliphatic heterocycles. The zero-order chi connectivity index (χ0) is 5.98. The van der Waals surface area contributed by atoms with E-state index in [1.807, 2.05) is 0 Å². The number of hydrogen-bond acceptors (Lipinski definition) is 3. The monoisotopic (exact) mass is 114 g/mol. The van der Waals surface area contributed by atoms with Crippen molar-refractivity contribution in [3.63, 3.8) is 0 Å². The van der Waals surface area contributed by atoms with E-state index in [1.165, 1.54) is 0 Å². The van der Waals surface area contributed by atoms with Crippen molar-refractivity contribution in [2.75, 3.05) is 6.54 Å². The molecule has 3 nitrogen and oxygen atoms in total. The molecule has 1 fully saturated rings. The molecule has 0 radical (unpaired) electrons. The molecule has 1 rings (SSSR count). The van der Waals surface area contributed by atoms with Gasteiger partial charge >= 0.3 is 0 Å². The van der Waals surface area contributed by atoms with Crippen LogP contribution in [0.15, 0.2) is 0 Å². The normalized spacial score (nSPS) is 30.9. The highest BCUT2D eigenvalue weighted by Crippen LogP contribution is 2.09. The van der Waals surface area contributed by atoms with E-state index in [-0.39, 0.29) is 6.04 Å². The summed E-state index contributed by atoms with van der Waals surface area (Å²) in [6.45, 7) is 0.864. The molecule has 1 unspecified atom stereocenters. The Hall–Kier alpha value is -0.410. The molecule has 1 heterocycles. The number of hydrazine groups is 1. The summed E-state index contributed by atoms with van der Waals surface area (Å²) in [5.74, 6) is 5.39. The molecule has 0 saturated carbocycles. The van der Waals surface area contributed by atoms with E-state index < -0.39 is 0 Å². The minimum Gasteiger partial charge on any atom is -0.302 e. The van der Waals surface area contributed by atoms with Crippen molar-refractivity contribution in [3.8, 4) is 0 Å². The van der Waals surface area contributed by atoms with Crippen LogP contribution in [0.2, 0.25) is 0 Å². The number of nitrogens with two attached hydrogens (primary N) is 1. The standard InChI is InChI=1S/C5H10N2O/c6-7-3-1-2-5(7)4-8/h4-5H,1-3,6H2. The second-order valence-electron chi connectivity index (χ2n) is 2.08. The second kappa shape index (κ2) is 2.24. The Bertz CT molecular complexity index is 94.4. The molecular formula is C5H10N2O. The van der Waals surface area contributed by atoms with Crippen LogP contribution in [0.1, 0.15) is 12.8 Å². The van der Waals surface area contributed by atoms with E-state index in [2.05, 4.69) is 0 Å². The highest BCUT2D eigenvalue weighted by Gasteiger charge is 2.19. The SMILES string of the molecule is NN1CCCC1C=O. The van der Waals surface area contributed by atoms with Crippen LogP contribution in [-0.4, -0.2) is 23.9 Å². The van der Waals surface area contributed by atoms with Crippen LogP contribution in [0.5, 0.6) is 0 Å². The molecule has 0 aromatic carbocycles. The number of nitrogens with zero attached hydrogens (tertiary/aromatic N) is 1. The smallest absolute Gasteiger partial charge is 0.138 e. The summed E-state index contributed by atoms with van der Waals surface area (Å²) in [7, 11) is 0. The number of rotatable bonds is 1.